The molecule has 0 saturated carbocycles. The molecule has 0 fully saturated rings. The summed E-state index contributed by atoms with van der Waals surface area (Å²) in [5.74, 6) is 1.58. The summed E-state index contributed by atoms with van der Waals surface area (Å²) in [4.78, 5) is 23.6. The van der Waals surface area contributed by atoms with Gasteiger partial charge < -0.3 is 18.3 Å². The van der Waals surface area contributed by atoms with Crippen LogP contribution in [0, 0.1) is 55.4 Å². The molecule has 0 radical (unpaired) electrons. The highest BCUT2D eigenvalue weighted by Gasteiger charge is 2.38. The van der Waals surface area contributed by atoms with Gasteiger partial charge in [-0.05, 0) is 165 Å². The Bertz CT molecular complexity index is 5980. The predicted octanol–water partition coefficient (Wildman–Crippen LogP) is 22.5. The van der Waals surface area contributed by atoms with Gasteiger partial charge in [0, 0.05) is 59.8 Å². The zero-order valence-electron chi connectivity index (χ0n) is 54.8. The summed E-state index contributed by atoms with van der Waals surface area (Å²) in [7, 11) is 0. The molecule has 6 aromatic heterocycles. The Kier molecular flexibility index (Phi) is 12.9. The zero-order chi connectivity index (χ0) is 64.8. The minimum Gasteiger partial charge on any atom is -0.308 e. The van der Waals surface area contributed by atoms with Gasteiger partial charge in [0.1, 0.15) is 0 Å². The van der Waals surface area contributed by atoms with Crippen LogP contribution < -0.4 is 0 Å². The van der Waals surface area contributed by atoms with Gasteiger partial charge in [-0.2, -0.15) is 0 Å². The Labute approximate surface area is 556 Å². The minimum atomic E-state index is 0.491. The average molecular weight is 1240 g/mol. The van der Waals surface area contributed by atoms with Crippen molar-refractivity contribution in [1.29, 1.82) is 0 Å². The quantitative estimate of drug-likeness (QED) is 0.144. The average Bonchev–Trinajstić information content (AvgIpc) is 1.43. The van der Waals surface area contributed by atoms with E-state index in [1.165, 1.54) is 44.5 Å². The van der Waals surface area contributed by atoms with E-state index in [0.717, 1.165) is 149 Å². The van der Waals surface area contributed by atoms with Crippen molar-refractivity contribution in [1.82, 2.24) is 38.2 Å². The first kappa shape index (κ1) is 56.7. The molecule has 0 aliphatic heterocycles. The fourth-order valence-electron chi connectivity index (χ4n) is 15.3. The number of fused-ring (bicyclic) bond motifs is 12. The number of aryl methyl sites for hydroxylation is 8. The minimum absolute atomic E-state index is 0.491. The van der Waals surface area contributed by atoms with E-state index >= 15 is 0 Å². The van der Waals surface area contributed by atoms with E-state index in [2.05, 4.69) is 328 Å². The van der Waals surface area contributed by atoms with Crippen LogP contribution >= 0.6 is 0 Å². The molecule has 0 atom stereocenters. The lowest BCUT2D eigenvalue weighted by atomic mass is 9.94. The third kappa shape index (κ3) is 8.89. The molecule has 458 valence electrons. The van der Waals surface area contributed by atoms with Crippen LogP contribution in [-0.2, 0) is 0 Å². The number of hydrogen-bond donors (Lipinski definition) is 0. The van der Waals surface area contributed by atoms with Crippen LogP contribution in [0.15, 0.2) is 255 Å². The first-order valence-electron chi connectivity index (χ1n) is 33.1. The van der Waals surface area contributed by atoms with Crippen LogP contribution in [0.4, 0.5) is 0 Å². The van der Waals surface area contributed by atoms with Crippen molar-refractivity contribution >= 4 is 87.2 Å². The Balaban J connectivity index is 1.23. The lowest BCUT2D eigenvalue weighted by Gasteiger charge is -2.30. The van der Waals surface area contributed by atoms with E-state index in [-0.39, 0.29) is 0 Å². The molecule has 6 heterocycles. The molecule has 0 saturated heterocycles. The summed E-state index contributed by atoms with van der Waals surface area (Å²) in [6, 6.07) is 93.8. The van der Waals surface area contributed by atoms with Gasteiger partial charge in [-0.15, -0.1) is 0 Å². The molecule has 18 rings (SSSR count). The predicted molar refractivity (Wildman–Crippen MR) is 400 cm³/mol. The summed E-state index contributed by atoms with van der Waals surface area (Å²) in [6.45, 7) is 17.6. The molecule has 96 heavy (non-hydrogen) atoms. The maximum absolute atomic E-state index is 6.08. The molecule has 0 N–H and O–H groups in total. The van der Waals surface area contributed by atoms with Crippen molar-refractivity contribution in [3.8, 4) is 79.4 Å². The van der Waals surface area contributed by atoms with E-state index in [0.29, 0.717) is 17.5 Å². The van der Waals surface area contributed by atoms with Gasteiger partial charge in [0.25, 0.3) is 0 Å². The lowest BCUT2D eigenvalue weighted by Crippen LogP contribution is -2.17. The number of rotatable bonds is 9. The van der Waals surface area contributed by atoms with Crippen LogP contribution in [0.25, 0.3) is 167 Å². The third-order valence-electron chi connectivity index (χ3n) is 19.6. The third-order valence-corrected chi connectivity index (χ3v) is 19.6. The molecule has 0 spiro atoms. The zero-order valence-corrected chi connectivity index (χ0v) is 54.8. The lowest BCUT2D eigenvalue weighted by molar-refractivity contribution is 1.02. The van der Waals surface area contributed by atoms with E-state index < -0.39 is 0 Å². The standard InChI is InChI=1S/C88H66N8/c1-51-27-35-72-62(43-51)63-44-52(2)28-36-73(63)93(72)82-80(71-26-18-25-70(89-71)59-19-12-9-13-20-59)83(94-74-37-29-53(3)45-64(74)65-46-54(4)30-38-75(65)94)85(96-78-41-33-57(7)49-68(78)69-50-58(8)34-42-79(69)96)84(95-76-39-31-55(5)47-66(76)67-48-56(6)32-40-77(67)95)81(82)88-91-86(60-21-14-10-15-22-60)90-87(92-88)61-23-16-11-17-24-61/h9-50H,1-8H3. The molecule has 0 aliphatic carbocycles. The van der Waals surface area contributed by atoms with Crippen molar-refractivity contribution in [3.63, 3.8) is 0 Å². The van der Waals surface area contributed by atoms with E-state index in [4.69, 9.17) is 19.9 Å². The first-order chi connectivity index (χ1) is 46.9. The highest BCUT2D eigenvalue weighted by molar-refractivity contribution is 6.19. The molecule has 18 aromatic rings. The molecule has 0 amide bonds. The normalized spacial score (nSPS) is 12.0. The van der Waals surface area contributed by atoms with Crippen LogP contribution in [-0.4, -0.2) is 38.2 Å². The van der Waals surface area contributed by atoms with Crippen molar-refractivity contribution in [3.05, 3.63) is 299 Å². The molecule has 8 nitrogen and oxygen atoms in total. The summed E-state index contributed by atoms with van der Waals surface area (Å²) >= 11 is 0. The highest BCUT2D eigenvalue weighted by atomic mass is 15.1. The number of pyridine rings is 1. The molecule has 0 aliphatic rings. The van der Waals surface area contributed by atoms with Crippen molar-refractivity contribution in [2.75, 3.05) is 0 Å². The largest absolute Gasteiger partial charge is 0.308 e. The summed E-state index contributed by atoms with van der Waals surface area (Å²) in [5, 5.41) is 9.14. The van der Waals surface area contributed by atoms with Gasteiger partial charge in [-0.25, -0.2) is 19.9 Å². The SMILES string of the molecule is Cc1ccc2c(c1)c1cc(C)ccc1n2-c1c(-c2cccc(-c3ccccc3)n2)c(-n2c3ccc(C)cc3c3cc(C)ccc32)c(-n2c3ccc(C)cc3c3cc(C)ccc32)c(-n2c3ccc(C)cc3c3cc(C)ccc32)c1-c1nc(-c2ccccc2)nc(-c2ccccc2)n1. The Morgan fingerprint density at radius 3 is 0.781 bits per heavy atom. The smallest absolute Gasteiger partial charge is 0.168 e. The van der Waals surface area contributed by atoms with Gasteiger partial charge >= 0.3 is 0 Å². The second-order valence-corrected chi connectivity index (χ2v) is 26.5. The monoisotopic (exact) mass is 1230 g/mol. The fourth-order valence-corrected chi connectivity index (χ4v) is 15.3. The first-order valence-corrected chi connectivity index (χ1v) is 33.1. The second-order valence-electron chi connectivity index (χ2n) is 26.5. The van der Waals surface area contributed by atoms with Crippen LogP contribution in [0.1, 0.15) is 44.5 Å². The Morgan fingerprint density at radius 1 is 0.198 bits per heavy atom. The maximum atomic E-state index is 6.08. The molecule has 8 heteroatoms. The Hall–Kier alpha value is -12.0. The summed E-state index contributed by atoms with van der Waals surface area (Å²) in [5.41, 5.74) is 27.3. The molecular formula is C88H66N8. The van der Waals surface area contributed by atoms with Crippen molar-refractivity contribution in [2.24, 2.45) is 0 Å². The van der Waals surface area contributed by atoms with Gasteiger partial charge in [0.05, 0.1) is 89.4 Å². The van der Waals surface area contributed by atoms with E-state index in [1.807, 2.05) is 0 Å². The second kappa shape index (κ2) is 21.8. The van der Waals surface area contributed by atoms with Crippen LogP contribution in [0.2, 0.25) is 0 Å². The topological polar surface area (TPSA) is 71.3 Å². The number of hydrogen-bond acceptors (Lipinski definition) is 4. The summed E-state index contributed by atoms with van der Waals surface area (Å²) < 4.78 is 10.3. The van der Waals surface area contributed by atoms with Crippen molar-refractivity contribution < 1.29 is 0 Å². The number of benzene rings is 12. The van der Waals surface area contributed by atoms with Gasteiger partial charge in [-0.1, -0.05) is 190 Å². The van der Waals surface area contributed by atoms with Crippen LogP contribution in [0.5, 0.6) is 0 Å². The van der Waals surface area contributed by atoms with Gasteiger partial charge in [-0.3, -0.25) is 0 Å². The number of nitrogens with zero attached hydrogens (tertiary/aromatic N) is 8. The van der Waals surface area contributed by atoms with E-state index in [1.54, 1.807) is 0 Å². The fraction of sp³-hybridized carbons (Fsp3) is 0.0909. The summed E-state index contributed by atoms with van der Waals surface area (Å²) in [6.07, 6.45) is 0. The van der Waals surface area contributed by atoms with Gasteiger partial charge in [0.2, 0.25) is 0 Å². The molecule has 0 unspecified atom stereocenters. The van der Waals surface area contributed by atoms with Crippen molar-refractivity contribution in [2.45, 2.75) is 55.4 Å². The van der Waals surface area contributed by atoms with Gasteiger partial charge in [0.15, 0.2) is 17.5 Å². The van der Waals surface area contributed by atoms with E-state index in [9.17, 15) is 0 Å². The number of aromatic nitrogens is 8. The Morgan fingerprint density at radius 2 is 0.458 bits per heavy atom. The highest BCUT2D eigenvalue weighted by Crippen LogP contribution is 2.55. The van der Waals surface area contributed by atoms with Crippen LogP contribution in [0.3, 0.4) is 0 Å². The molecule has 12 aromatic carbocycles. The molecular weight excluding hydrogens is 1170 g/mol. The molecule has 0 bridgehead atoms. The maximum Gasteiger partial charge on any atom is 0.168 e.